The summed E-state index contributed by atoms with van der Waals surface area (Å²) in [7, 11) is 0. The fourth-order valence-corrected chi connectivity index (χ4v) is 1.62. The van der Waals surface area contributed by atoms with Crippen LogP contribution >= 0.6 is 11.6 Å². The first kappa shape index (κ1) is 13.5. The van der Waals surface area contributed by atoms with Crippen molar-refractivity contribution in [1.29, 1.82) is 0 Å². The van der Waals surface area contributed by atoms with Crippen LogP contribution in [0.3, 0.4) is 0 Å². The first-order valence-electron chi connectivity index (χ1n) is 5.82. The highest BCUT2D eigenvalue weighted by Crippen LogP contribution is 2.23. The molecule has 0 atom stereocenters. The van der Waals surface area contributed by atoms with E-state index in [1.165, 1.54) is 5.56 Å². The second-order valence-corrected chi connectivity index (χ2v) is 5.21. The predicted octanol–water partition coefficient (Wildman–Crippen LogP) is 4.25. The van der Waals surface area contributed by atoms with Crippen LogP contribution in [0.15, 0.2) is 30.3 Å². The van der Waals surface area contributed by atoms with Gasteiger partial charge in [-0.2, -0.15) is 0 Å². The Kier molecular flexibility index (Phi) is 5.86. The third kappa shape index (κ3) is 5.53. The van der Waals surface area contributed by atoms with E-state index in [1.807, 2.05) is 18.2 Å². The number of alkyl halides is 1. The molecule has 0 aliphatic carbocycles. The maximum atomic E-state index is 5.86. The Morgan fingerprint density at radius 1 is 1.19 bits per heavy atom. The van der Waals surface area contributed by atoms with Gasteiger partial charge < -0.3 is 4.74 Å². The van der Waals surface area contributed by atoms with Gasteiger partial charge in [0.15, 0.2) is 0 Å². The van der Waals surface area contributed by atoms with Gasteiger partial charge >= 0.3 is 0 Å². The van der Waals surface area contributed by atoms with Gasteiger partial charge in [0.1, 0.15) is 0 Å². The third-order valence-corrected chi connectivity index (χ3v) is 3.34. The first-order chi connectivity index (χ1) is 7.64. The Morgan fingerprint density at radius 2 is 1.88 bits per heavy atom. The normalized spacial score (nSPS) is 11.7. The highest BCUT2D eigenvalue weighted by molar-refractivity contribution is 6.18. The number of ether oxygens (including phenoxy) is 1. The molecule has 0 unspecified atom stereocenters. The number of rotatable bonds is 7. The lowest BCUT2D eigenvalue weighted by Crippen LogP contribution is -2.14. The van der Waals surface area contributed by atoms with Crippen molar-refractivity contribution in [3.8, 4) is 0 Å². The van der Waals surface area contributed by atoms with Crippen molar-refractivity contribution in [3.63, 3.8) is 0 Å². The molecular formula is C14H21ClO. The van der Waals surface area contributed by atoms with Gasteiger partial charge in [0.25, 0.3) is 0 Å². The molecule has 16 heavy (non-hydrogen) atoms. The number of halogens is 1. The lowest BCUT2D eigenvalue weighted by Gasteiger charge is -2.20. The lowest BCUT2D eigenvalue weighted by atomic mass is 9.90. The quantitative estimate of drug-likeness (QED) is 0.512. The highest BCUT2D eigenvalue weighted by Gasteiger charge is 2.15. The van der Waals surface area contributed by atoms with Crippen molar-refractivity contribution in [1.82, 2.24) is 0 Å². The molecule has 1 aromatic rings. The lowest BCUT2D eigenvalue weighted by molar-refractivity contribution is 0.110. The molecule has 0 amide bonds. The van der Waals surface area contributed by atoms with Gasteiger partial charge in [-0.15, -0.1) is 11.6 Å². The molecule has 0 N–H and O–H groups in total. The molecular weight excluding hydrogens is 220 g/mol. The maximum absolute atomic E-state index is 5.86. The van der Waals surface area contributed by atoms with E-state index in [1.54, 1.807) is 0 Å². The van der Waals surface area contributed by atoms with E-state index in [2.05, 4.69) is 26.0 Å². The minimum Gasteiger partial charge on any atom is -0.377 e. The molecule has 0 aromatic heterocycles. The fourth-order valence-electron chi connectivity index (χ4n) is 1.48. The molecule has 0 saturated heterocycles. The van der Waals surface area contributed by atoms with Gasteiger partial charge in [0, 0.05) is 12.5 Å². The molecule has 0 aliphatic heterocycles. The molecule has 0 bridgehead atoms. The minimum absolute atomic E-state index is 0.234. The Labute approximate surface area is 104 Å². The molecule has 0 saturated carbocycles. The summed E-state index contributed by atoms with van der Waals surface area (Å²) in [5.41, 5.74) is 1.47. The van der Waals surface area contributed by atoms with Gasteiger partial charge in [0.05, 0.1) is 6.61 Å². The van der Waals surface area contributed by atoms with E-state index in [9.17, 15) is 0 Å². The molecule has 0 spiro atoms. The SMILES string of the molecule is CC(C)(CCl)CCCOCc1ccccc1. The summed E-state index contributed by atoms with van der Waals surface area (Å²) in [5, 5.41) is 0. The highest BCUT2D eigenvalue weighted by atomic mass is 35.5. The molecule has 2 heteroatoms. The summed E-state index contributed by atoms with van der Waals surface area (Å²) >= 11 is 5.86. The van der Waals surface area contributed by atoms with Crippen molar-refractivity contribution in [3.05, 3.63) is 35.9 Å². The van der Waals surface area contributed by atoms with E-state index in [-0.39, 0.29) is 5.41 Å². The van der Waals surface area contributed by atoms with Gasteiger partial charge in [-0.3, -0.25) is 0 Å². The first-order valence-corrected chi connectivity index (χ1v) is 6.35. The van der Waals surface area contributed by atoms with Gasteiger partial charge in [-0.1, -0.05) is 44.2 Å². The Hall–Kier alpha value is -0.530. The van der Waals surface area contributed by atoms with Crippen molar-refractivity contribution >= 4 is 11.6 Å². The summed E-state index contributed by atoms with van der Waals surface area (Å²) in [6.45, 7) is 5.91. The third-order valence-electron chi connectivity index (χ3n) is 2.62. The molecule has 0 fully saturated rings. The summed E-state index contributed by atoms with van der Waals surface area (Å²) in [6.07, 6.45) is 2.19. The summed E-state index contributed by atoms with van der Waals surface area (Å²) in [5.74, 6) is 0.714. The van der Waals surface area contributed by atoms with Crippen molar-refractivity contribution in [2.75, 3.05) is 12.5 Å². The van der Waals surface area contributed by atoms with Gasteiger partial charge in [-0.25, -0.2) is 0 Å². The number of hydrogen-bond acceptors (Lipinski definition) is 1. The van der Waals surface area contributed by atoms with Gasteiger partial charge in [0.2, 0.25) is 0 Å². The van der Waals surface area contributed by atoms with Crippen LogP contribution in [0.5, 0.6) is 0 Å². The van der Waals surface area contributed by atoms with Crippen LogP contribution in [-0.4, -0.2) is 12.5 Å². The largest absolute Gasteiger partial charge is 0.377 e. The zero-order valence-corrected chi connectivity index (χ0v) is 11.0. The summed E-state index contributed by atoms with van der Waals surface area (Å²) in [4.78, 5) is 0. The Bertz CT molecular complexity index is 282. The van der Waals surface area contributed by atoms with Crippen molar-refractivity contribution in [2.24, 2.45) is 5.41 Å². The van der Waals surface area contributed by atoms with E-state index < -0.39 is 0 Å². The smallest absolute Gasteiger partial charge is 0.0716 e. The van der Waals surface area contributed by atoms with Crippen molar-refractivity contribution in [2.45, 2.75) is 33.3 Å². The summed E-state index contributed by atoms with van der Waals surface area (Å²) < 4.78 is 5.62. The molecule has 1 rings (SSSR count). The molecule has 0 heterocycles. The molecule has 90 valence electrons. The van der Waals surface area contributed by atoms with Crippen LogP contribution in [0.25, 0.3) is 0 Å². The minimum atomic E-state index is 0.234. The average molecular weight is 241 g/mol. The van der Waals surface area contributed by atoms with Crippen LogP contribution in [0, 0.1) is 5.41 Å². The Morgan fingerprint density at radius 3 is 2.50 bits per heavy atom. The van der Waals surface area contributed by atoms with E-state index >= 15 is 0 Å². The van der Waals surface area contributed by atoms with Crippen molar-refractivity contribution < 1.29 is 4.74 Å². The standard InChI is InChI=1S/C14H21ClO/c1-14(2,12-15)9-6-10-16-11-13-7-4-3-5-8-13/h3-5,7-8H,6,9-12H2,1-2H3. The molecule has 1 nitrogen and oxygen atoms in total. The van der Waals surface area contributed by atoms with Crippen LogP contribution < -0.4 is 0 Å². The van der Waals surface area contributed by atoms with Crippen LogP contribution in [0.2, 0.25) is 0 Å². The zero-order chi connectivity index (χ0) is 11.9. The Balaban J connectivity index is 2.09. The van der Waals surface area contributed by atoms with Crippen LogP contribution in [-0.2, 0) is 11.3 Å². The number of hydrogen-bond donors (Lipinski definition) is 0. The predicted molar refractivity (Wildman–Crippen MR) is 69.8 cm³/mol. The maximum Gasteiger partial charge on any atom is 0.0716 e. The van der Waals surface area contributed by atoms with Gasteiger partial charge in [-0.05, 0) is 23.8 Å². The van der Waals surface area contributed by atoms with Crippen LogP contribution in [0.4, 0.5) is 0 Å². The second kappa shape index (κ2) is 6.93. The summed E-state index contributed by atoms with van der Waals surface area (Å²) in [6, 6.07) is 10.3. The van der Waals surface area contributed by atoms with E-state index in [0.717, 1.165) is 19.4 Å². The second-order valence-electron chi connectivity index (χ2n) is 4.94. The van der Waals surface area contributed by atoms with E-state index in [4.69, 9.17) is 16.3 Å². The topological polar surface area (TPSA) is 9.23 Å². The fraction of sp³-hybridized carbons (Fsp3) is 0.571. The molecule has 0 radical (unpaired) electrons. The molecule has 1 aromatic carbocycles. The molecule has 0 aliphatic rings. The monoisotopic (exact) mass is 240 g/mol. The average Bonchev–Trinajstić information content (AvgIpc) is 2.30. The zero-order valence-electron chi connectivity index (χ0n) is 10.2. The van der Waals surface area contributed by atoms with E-state index in [0.29, 0.717) is 12.5 Å². The van der Waals surface area contributed by atoms with Crippen LogP contribution in [0.1, 0.15) is 32.3 Å². The number of benzene rings is 1.